The van der Waals surface area contributed by atoms with Gasteiger partial charge in [-0.1, -0.05) is 36.0 Å². The van der Waals surface area contributed by atoms with E-state index in [2.05, 4.69) is 15.2 Å². The Morgan fingerprint density at radius 1 is 1.03 bits per heavy atom. The average Bonchev–Trinajstić information content (AvgIpc) is 3.17. The first kappa shape index (κ1) is 18.8. The monoisotopic (exact) mass is 405 g/mol. The van der Waals surface area contributed by atoms with Crippen LogP contribution in [0.5, 0.6) is 0 Å². The molecule has 0 aliphatic heterocycles. The molecule has 0 bridgehead atoms. The molecule has 0 fully saturated rings. The second kappa shape index (κ2) is 8.24. The van der Waals surface area contributed by atoms with Gasteiger partial charge in [-0.25, -0.2) is 4.39 Å². The Kier molecular flexibility index (Phi) is 5.35. The van der Waals surface area contributed by atoms with Crippen LogP contribution in [0.15, 0.2) is 78.2 Å². The molecule has 0 amide bonds. The second-order valence-corrected chi connectivity index (χ2v) is 7.08. The summed E-state index contributed by atoms with van der Waals surface area (Å²) in [5.41, 5.74) is 2.57. The average molecular weight is 405 g/mol. The van der Waals surface area contributed by atoms with Gasteiger partial charge in [0.15, 0.2) is 11.0 Å². The standard InChI is InChI=1S/C21H15FN4O2S/c22-17-7-9-18(10-8-17)26-19(16-2-1-11-23-12-16)24-25-21(26)29-13-14-3-5-15(6-4-14)20(27)28/h1-12H,13H2,(H,27,28)/p-1. The van der Waals surface area contributed by atoms with Gasteiger partial charge in [0.05, 0.1) is 5.97 Å². The zero-order chi connectivity index (χ0) is 20.2. The van der Waals surface area contributed by atoms with E-state index in [1.165, 1.54) is 36.0 Å². The number of hydrogen-bond donors (Lipinski definition) is 0. The number of carbonyl (C=O) groups is 1. The quantitative estimate of drug-likeness (QED) is 0.458. The normalized spacial score (nSPS) is 10.8. The van der Waals surface area contributed by atoms with Crippen LogP contribution in [0.1, 0.15) is 15.9 Å². The molecule has 29 heavy (non-hydrogen) atoms. The number of halogens is 1. The first-order valence-electron chi connectivity index (χ1n) is 8.66. The van der Waals surface area contributed by atoms with Crippen molar-refractivity contribution in [3.8, 4) is 17.1 Å². The first-order chi connectivity index (χ1) is 14.1. The van der Waals surface area contributed by atoms with E-state index < -0.39 is 5.97 Å². The van der Waals surface area contributed by atoms with Crippen LogP contribution in [0.2, 0.25) is 0 Å². The molecule has 0 N–H and O–H groups in total. The fourth-order valence-electron chi connectivity index (χ4n) is 2.75. The highest BCUT2D eigenvalue weighted by Gasteiger charge is 2.16. The Balaban J connectivity index is 1.67. The molecule has 2 aromatic heterocycles. The summed E-state index contributed by atoms with van der Waals surface area (Å²) >= 11 is 1.44. The van der Waals surface area contributed by atoms with E-state index in [1.54, 1.807) is 36.7 Å². The van der Waals surface area contributed by atoms with Crippen LogP contribution in [0.4, 0.5) is 4.39 Å². The van der Waals surface area contributed by atoms with Crippen LogP contribution in [0.3, 0.4) is 0 Å². The summed E-state index contributed by atoms with van der Waals surface area (Å²) in [4.78, 5) is 15.0. The number of hydrogen-bond acceptors (Lipinski definition) is 6. The van der Waals surface area contributed by atoms with E-state index in [4.69, 9.17) is 0 Å². The van der Waals surface area contributed by atoms with E-state index in [0.29, 0.717) is 16.7 Å². The van der Waals surface area contributed by atoms with Crippen molar-refractivity contribution < 1.29 is 14.3 Å². The van der Waals surface area contributed by atoms with Crippen molar-refractivity contribution >= 4 is 17.7 Å². The molecule has 0 atom stereocenters. The molecule has 0 aliphatic rings. The lowest BCUT2D eigenvalue weighted by atomic mass is 10.1. The number of rotatable bonds is 6. The highest BCUT2D eigenvalue weighted by Crippen LogP contribution is 2.29. The van der Waals surface area contributed by atoms with Gasteiger partial charge < -0.3 is 9.90 Å². The van der Waals surface area contributed by atoms with Crippen LogP contribution in [0.25, 0.3) is 17.1 Å². The minimum absolute atomic E-state index is 0.132. The van der Waals surface area contributed by atoms with Crippen molar-refractivity contribution in [2.24, 2.45) is 0 Å². The zero-order valence-electron chi connectivity index (χ0n) is 15.0. The summed E-state index contributed by atoms with van der Waals surface area (Å²) in [5.74, 6) is -0.382. The minimum atomic E-state index is -1.21. The number of carbonyl (C=O) groups excluding carboxylic acids is 1. The Hall–Kier alpha value is -3.52. The number of nitrogens with zero attached hydrogens (tertiary/aromatic N) is 4. The van der Waals surface area contributed by atoms with Crippen molar-refractivity contribution in [1.29, 1.82) is 0 Å². The molecule has 6 nitrogen and oxygen atoms in total. The lowest BCUT2D eigenvalue weighted by Crippen LogP contribution is -2.21. The second-order valence-electron chi connectivity index (χ2n) is 6.13. The molecular weight excluding hydrogens is 391 g/mol. The molecule has 0 saturated carbocycles. The Morgan fingerprint density at radius 2 is 1.79 bits per heavy atom. The topological polar surface area (TPSA) is 83.7 Å². The van der Waals surface area contributed by atoms with Crippen LogP contribution in [-0.2, 0) is 5.75 Å². The first-order valence-corrected chi connectivity index (χ1v) is 9.65. The molecule has 0 unspecified atom stereocenters. The Labute approximate surface area is 170 Å². The molecule has 2 aromatic carbocycles. The highest BCUT2D eigenvalue weighted by atomic mass is 32.2. The Bertz CT molecular complexity index is 1130. The van der Waals surface area contributed by atoms with Gasteiger partial charge in [-0.3, -0.25) is 9.55 Å². The summed E-state index contributed by atoms with van der Waals surface area (Å²) < 4.78 is 15.3. The lowest BCUT2D eigenvalue weighted by molar-refractivity contribution is -0.255. The molecule has 4 aromatic rings. The highest BCUT2D eigenvalue weighted by molar-refractivity contribution is 7.98. The van der Waals surface area contributed by atoms with Crippen molar-refractivity contribution in [1.82, 2.24) is 19.7 Å². The molecule has 8 heteroatoms. The number of aromatic nitrogens is 4. The van der Waals surface area contributed by atoms with E-state index in [1.807, 2.05) is 16.7 Å². The van der Waals surface area contributed by atoms with E-state index >= 15 is 0 Å². The van der Waals surface area contributed by atoms with Crippen LogP contribution < -0.4 is 5.11 Å². The van der Waals surface area contributed by atoms with Crippen molar-refractivity contribution in [2.75, 3.05) is 0 Å². The number of pyridine rings is 1. The third-order valence-corrected chi connectivity index (χ3v) is 5.20. The van der Waals surface area contributed by atoms with Gasteiger partial charge in [-0.2, -0.15) is 0 Å². The maximum Gasteiger partial charge on any atom is 0.196 e. The predicted octanol–water partition coefficient (Wildman–Crippen LogP) is 3.12. The zero-order valence-corrected chi connectivity index (χ0v) is 15.8. The molecule has 0 saturated heterocycles. The summed E-state index contributed by atoms with van der Waals surface area (Å²) in [7, 11) is 0. The number of thioether (sulfide) groups is 1. The molecule has 0 radical (unpaired) electrons. The van der Waals surface area contributed by atoms with Crippen LogP contribution >= 0.6 is 11.8 Å². The van der Waals surface area contributed by atoms with Gasteiger partial charge >= 0.3 is 0 Å². The van der Waals surface area contributed by atoms with Gasteiger partial charge in [0.25, 0.3) is 0 Å². The SMILES string of the molecule is O=C([O-])c1ccc(CSc2nnc(-c3cccnc3)n2-c2ccc(F)cc2)cc1. The molecule has 0 spiro atoms. The number of carboxylic acids is 1. The molecule has 0 aliphatic carbocycles. The molecule has 4 rings (SSSR count). The van der Waals surface area contributed by atoms with E-state index in [-0.39, 0.29) is 11.4 Å². The summed E-state index contributed by atoms with van der Waals surface area (Å²) in [6.45, 7) is 0. The van der Waals surface area contributed by atoms with Gasteiger partial charge in [0.2, 0.25) is 0 Å². The third-order valence-electron chi connectivity index (χ3n) is 4.20. The van der Waals surface area contributed by atoms with Gasteiger partial charge in [-0.15, -0.1) is 10.2 Å². The largest absolute Gasteiger partial charge is 0.545 e. The molecule has 144 valence electrons. The Morgan fingerprint density at radius 3 is 2.45 bits per heavy atom. The smallest absolute Gasteiger partial charge is 0.196 e. The molecule has 2 heterocycles. The van der Waals surface area contributed by atoms with Crippen LogP contribution in [0, 0.1) is 5.82 Å². The fourth-order valence-corrected chi connectivity index (χ4v) is 3.66. The van der Waals surface area contributed by atoms with Gasteiger partial charge in [0, 0.05) is 29.4 Å². The number of benzene rings is 2. The van der Waals surface area contributed by atoms with Gasteiger partial charge in [0.1, 0.15) is 5.82 Å². The summed E-state index contributed by atoms with van der Waals surface area (Å²) in [6.07, 6.45) is 3.37. The van der Waals surface area contributed by atoms with E-state index in [9.17, 15) is 14.3 Å². The van der Waals surface area contributed by atoms with Crippen molar-refractivity contribution in [3.63, 3.8) is 0 Å². The predicted molar refractivity (Wildman–Crippen MR) is 105 cm³/mol. The number of carboxylic acid groups (broad SMARTS) is 1. The lowest BCUT2D eigenvalue weighted by Gasteiger charge is -2.10. The van der Waals surface area contributed by atoms with Crippen LogP contribution in [-0.4, -0.2) is 25.7 Å². The maximum absolute atomic E-state index is 13.4. The van der Waals surface area contributed by atoms with Crippen molar-refractivity contribution in [2.45, 2.75) is 10.9 Å². The van der Waals surface area contributed by atoms with E-state index in [0.717, 1.165) is 16.8 Å². The third kappa shape index (κ3) is 4.17. The van der Waals surface area contributed by atoms with Gasteiger partial charge in [-0.05, 0) is 47.5 Å². The maximum atomic E-state index is 13.4. The minimum Gasteiger partial charge on any atom is -0.545 e. The number of aromatic carboxylic acids is 1. The fraction of sp³-hybridized carbons (Fsp3) is 0.0476. The van der Waals surface area contributed by atoms with Crippen molar-refractivity contribution in [3.05, 3.63) is 90.0 Å². The molecular formula is C21H14FN4O2S-. The summed E-state index contributed by atoms with van der Waals surface area (Å²) in [5, 5.41) is 20.1. The summed E-state index contributed by atoms with van der Waals surface area (Å²) in [6, 6.07) is 16.3.